The molecular weight excluding hydrogens is 292 g/mol. The molecule has 5 heteroatoms. The number of hydrogen-bond donors (Lipinski definition) is 2. The molecule has 1 heterocycles. The van der Waals surface area contributed by atoms with Crippen molar-refractivity contribution in [3.8, 4) is 5.75 Å². The standard InChI is InChI=1S/C18H28N2O3/c1-3-9-23-17-6-4-5-15(10-17)11-19-18(22)13-20-8-7-16(12-20)14(2)21/h4-6,10,14,16,21H,3,7-9,11-13H2,1-2H3,(H,19,22). The molecule has 0 aliphatic carbocycles. The SMILES string of the molecule is CCCOc1cccc(CNC(=O)CN2CCC(C(C)O)C2)c1. The minimum absolute atomic E-state index is 0.0242. The number of aliphatic hydroxyl groups is 1. The van der Waals surface area contributed by atoms with Crippen LogP contribution in [0.25, 0.3) is 0 Å². The number of benzene rings is 1. The molecule has 0 radical (unpaired) electrons. The van der Waals surface area contributed by atoms with Crippen molar-refractivity contribution in [1.29, 1.82) is 0 Å². The summed E-state index contributed by atoms with van der Waals surface area (Å²) in [5, 5.41) is 12.6. The summed E-state index contributed by atoms with van der Waals surface area (Å²) in [6, 6.07) is 7.83. The number of carbonyl (C=O) groups excluding carboxylic acids is 1. The number of hydrogen-bond acceptors (Lipinski definition) is 4. The lowest BCUT2D eigenvalue weighted by molar-refractivity contribution is -0.122. The Bertz CT molecular complexity index is 505. The highest BCUT2D eigenvalue weighted by Crippen LogP contribution is 2.19. The first-order valence-corrected chi connectivity index (χ1v) is 8.47. The third kappa shape index (κ3) is 5.84. The van der Waals surface area contributed by atoms with Crippen LogP contribution in [0.4, 0.5) is 0 Å². The lowest BCUT2D eigenvalue weighted by Gasteiger charge is -2.17. The predicted octanol–water partition coefficient (Wildman–Crippen LogP) is 1.79. The molecule has 23 heavy (non-hydrogen) atoms. The molecule has 0 aromatic heterocycles. The van der Waals surface area contributed by atoms with E-state index in [2.05, 4.69) is 17.1 Å². The summed E-state index contributed by atoms with van der Waals surface area (Å²) < 4.78 is 5.60. The molecule has 2 N–H and O–H groups in total. The Labute approximate surface area is 138 Å². The molecular formula is C18H28N2O3. The van der Waals surface area contributed by atoms with Gasteiger partial charge in [0.25, 0.3) is 0 Å². The van der Waals surface area contributed by atoms with Crippen molar-refractivity contribution in [2.75, 3.05) is 26.2 Å². The summed E-state index contributed by atoms with van der Waals surface area (Å²) in [6.07, 6.45) is 1.64. The van der Waals surface area contributed by atoms with Crippen LogP contribution in [0.2, 0.25) is 0 Å². The highest BCUT2D eigenvalue weighted by atomic mass is 16.5. The van der Waals surface area contributed by atoms with Crippen LogP contribution in [0, 0.1) is 5.92 Å². The van der Waals surface area contributed by atoms with E-state index in [1.54, 1.807) is 0 Å². The Balaban J connectivity index is 1.74. The van der Waals surface area contributed by atoms with Gasteiger partial charge in [-0.25, -0.2) is 0 Å². The Morgan fingerprint density at radius 2 is 2.35 bits per heavy atom. The first-order valence-electron chi connectivity index (χ1n) is 8.47. The van der Waals surface area contributed by atoms with Gasteiger partial charge in [0.1, 0.15) is 5.75 Å². The van der Waals surface area contributed by atoms with Crippen LogP contribution < -0.4 is 10.1 Å². The van der Waals surface area contributed by atoms with E-state index in [0.29, 0.717) is 19.7 Å². The van der Waals surface area contributed by atoms with Gasteiger partial charge >= 0.3 is 0 Å². The largest absolute Gasteiger partial charge is 0.494 e. The third-order valence-electron chi connectivity index (χ3n) is 4.22. The fourth-order valence-corrected chi connectivity index (χ4v) is 2.82. The molecule has 1 saturated heterocycles. The first kappa shape index (κ1) is 17.8. The Kier molecular flexibility index (Phi) is 6.86. The van der Waals surface area contributed by atoms with Gasteiger partial charge in [-0.05, 0) is 49.9 Å². The molecule has 0 saturated carbocycles. The zero-order valence-electron chi connectivity index (χ0n) is 14.1. The molecule has 1 aliphatic rings. The maximum absolute atomic E-state index is 12.1. The van der Waals surface area contributed by atoms with Gasteiger partial charge in [-0.1, -0.05) is 19.1 Å². The minimum Gasteiger partial charge on any atom is -0.494 e. The molecule has 1 fully saturated rings. The van der Waals surface area contributed by atoms with Crippen LogP contribution in [-0.2, 0) is 11.3 Å². The summed E-state index contributed by atoms with van der Waals surface area (Å²) in [4.78, 5) is 14.2. The second-order valence-electron chi connectivity index (χ2n) is 6.30. The van der Waals surface area contributed by atoms with Gasteiger partial charge in [0.2, 0.25) is 5.91 Å². The summed E-state index contributed by atoms with van der Waals surface area (Å²) in [7, 11) is 0. The molecule has 0 bridgehead atoms. The van der Waals surface area contributed by atoms with E-state index in [1.165, 1.54) is 0 Å². The van der Waals surface area contributed by atoms with Gasteiger partial charge in [-0.3, -0.25) is 9.69 Å². The Morgan fingerprint density at radius 3 is 3.04 bits per heavy atom. The Morgan fingerprint density at radius 1 is 1.52 bits per heavy atom. The number of carbonyl (C=O) groups is 1. The molecule has 1 aromatic rings. The average molecular weight is 320 g/mol. The first-order chi connectivity index (χ1) is 11.1. The van der Waals surface area contributed by atoms with E-state index >= 15 is 0 Å². The van der Waals surface area contributed by atoms with Gasteiger partial charge in [0.05, 0.1) is 19.3 Å². The number of rotatable bonds is 8. The van der Waals surface area contributed by atoms with Crippen LogP contribution in [-0.4, -0.2) is 48.3 Å². The van der Waals surface area contributed by atoms with Crippen molar-refractivity contribution in [3.05, 3.63) is 29.8 Å². The number of nitrogens with one attached hydrogen (secondary N) is 1. The van der Waals surface area contributed by atoms with E-state index in [9.17, 15) is 9.90 Å². The second-order valence-corrected chi connectivity index (χ2v) is 6.30. The molecule has 1 aliphatic heterocycles. The average Bonchev–Trinajstić information content (AvgIpc) is 3.00. The fourth-order valence-electron chi connectivity index (χ4n) is 2.82. The molecule has 128 valence electrons. The van der Waals surface area contributed by atoms with Crippen molar-refractivity contribution in [1.82, 2.24) is 10.2 Å². The molecule has 0 spiro atoms. The molecule has 1 amide bonds. The van der Waals surface area contributed by atoms with E-state index in [4.69, 9.17) is 4.74 Å². The molecule has 5 nitrogen and oxygen atoms in total. The minimum atomic E-state index is -0.297. The lowest BCUT2D eigenvalue weighted by Crippen LogP contribution is -2.36. The molecule has 2 atom stereocenters. The number of nitrogens with zero attached hydrogens (tertiary/aromatic N) is 1. The lowest BCUT2D eigenvalue weighted by atomic mass is 10.0. The van der Waals surface area contributed by atoms with Crippen molar-refractivity contribution in [2.45, 2.75) is 39.3 Å². The number of aliphatic hydroxyl groups excluding tert-OH is 1. The summed E-state index contributed by atoms with van der Waals surface area (Å²) >= 11 is 0. The van der Waals surface area contributed by atoms with Crippen molar-refractivity contribution in [2.24, 2.45) is 5.92 Å². The normalized spacial score (nSPS) is 19.5. The molecule has 2 unspecified atom stereocenters. The maximum atomic E-state index is 12.1. The van der Waals surface area contributed by atoms with Crippen LogP contribution in [0.1, 0.15) is 32.3 Å². The fraction of sp³-hybridized carbons (Fsp3) is 0.611. The van der Waals surface area contributed by atoms with Crippen LogP contribution in [0.5, 0.6) is 5.75 Å². The van der Waals surface area contributed by atoms with Crippen LogP contribution in [0.15, 0.2) is 24.3 Å². The topological polar surface area (TPSA) is 61.8 Å². The number of ether oxygens (including phenoxy) is 1. The van der Waals surface area contributed by atoms with E-state index in [1.807, 2.05) is 31.2 Å². The number of likely N-dealkylation sites (tertiary alicyclic amines) is 1. The third-order valence-corrected chi connectivity index (χ3v) is 4.22. The zero-order chi connectivity index (χ0) is 16.7. The quantitative estimate of drug-likeness (QED) is 0.767. The van der Waals surface area contributed by atoms with Gasteiger partial charge < -0.3 is 15.2 Å². The maximum Gasteiger partial charge on any atom is 0.234 e. The smallest absolute Gasteiger partial charge is 0.234 e. The van der Waals surface area contributed by atoms with Crippen molar-refractivity contribution in [3.63, 3.8) is 0 Å². The highest BCUT2D eigenvalue weighted by molar-refractivity contribution is 5.78. The number of amides is 1. The van der Waals surface area contributed by atoms with Gasteiger partial charge in [-0.15, -0.1) is 0 Å². The highest BCUT2D eigenvalue weighted by Gasteiger charge is 2.26. The summed E-state index contributed by atoms with van der Waals surface area (Å²) in [6.45, 7) is 7.18. The van der Waals surface area contributed by atoms with E-state index < -0.39 is 0 Å². The van der Waals surface area contributed by atoms with Crippen LogP contribution in [0.3, 0.4) is 0 Å². The monoisotopic (exact) mass is 320 g/mol. The second kappa shape index (κ2) is 8.89. The van der Waals surface area contributed by atoms with Crippen molar-refractivity contribution >= 4 is 5.91 Å². The Hall–Kier alpha value is -1.59. The van der Waals surface area contributed by atoms with Gasteiger partial charge in [0.15, 0.2) is 0 Å². The molecule has 2 rings (SSSR count). The summed E-state index contributed by atoms with van der Waals surface area (Å²) in [5.41, 5.74) is 1.04. The predicted molar refractivity (Wildman–Crippen MR) is 90.3 cm³/mol. The van der Waals surface area contributed by atoms with Crippen LogP contribution >= 0.6 is 0 Å². The van der Waals surface area contributed by atoms with E-state index in [-0.39, 0.29) is 17.9 Å². The van der Waals surface area contributed by atoms with Crippen molar-refractivity contribution < 1.29 is 14.6 Å². The van der Waals surface area contributed by atoms with E-state index in [0.717, 1.165) is 37.2 Å². The van der Waals surface area contributed by atoms with Gasteiger partial charge in [0, 0.05) is 13.1 Å². The zero-order valence-corrected chi connectivity index (χ0v) is 14.1. The van der Waals surface area contributed by atoms with Gasteiger partial charge in [-0.2, -0.15) is 0 Å². The molecule has 1 aromatic carbocycles. The summed E-state index contributed by atoms with van der Waals surface area (Å²) in [5.74, 6) is 1.16.